The van der Waals surface area contributed by atoms with Crippen LogP contribution in [-0.4, -0.2) is 35.2 Å². The Hall–Kier alpha value is -2.35. The number of benzene rings is 1. The second-order valence-corrected chi connectivity index (χ2v) is 7.74. The van der Waals surface area contributed by atoms with Crippen LogP contribution in [0.25, 0.3) is 11.1 Å². The van der Waals surface area contributed by atoms with Gasteiger partial charge in [-0.2, -0.15) is 5.10 Å². The van der Waals surface area contributed by atoms with Crippen molar-refractivity contribution in [3.05, 3.63) is 42.4 Å². The van der Waals surface area contributed by atoms with E-state index in [9.17, 15) is 8.42 Å². The van der Waals surface area contributed by atoms with Gasteiger partial charge in [0.2, 0.25) is 5.89 Å². The van der Waals surface area contributed by atoms with E-state index in [1.54, 1.807) is 16.9 Å². The van der Waals surface area contributed by atoms with Crippen LogP contribution in [0.15, 0.2) is 40.9 Å². The fourth-order valence-electron chi connectivity index (χ4n) is 2.18. The minimum absolute atomic E-state index is 0.0643. The van der Waals surface area contributed by atoms with Crippen LogP contribution in [0.3, 0.4) is 0 Å². The second kappa shape index (κ2) is 6.04. The molecule has 8 heteroatoms. The van der Waals surface area contributed by atoms with E-state index in [4.69, 9.17) is 4.42 Å². The first kappa shape index (κ1) is 15.5. The largest absolute Gasteiger partial charge is 0.438 e. The molecule has 1 N–H and O–H groups in total. The number of nitrogens with zero attached hydrogens (tertiary/aromatic N) is 3. The molecule has 23 heavy (non-hydrogen) atoms. The maximum atomic E-state index is 11.2. The van der Waals surface area contributed by atoms with Crippen molar-refractivity contribution in [1.29, 1.82) is 0 Å². The molecule has 0 aliphatic heterocycles. The fraction of sp³-hybridized carbons (Fsp3) is 0.333. The predicted octanol–water partition coefficient (Wildman–Crippen LogP) is 2.24. The van der Waals surface area contributed by atoms with Gasteiger partial charge in [-0.05, 0) is 19.1 Å². The minimum atomic E-state index is -3.00. The van der Waals surface area contributed by atoms with Crippen LogP contribution in [0.4, 0.5) is 5.82 Å². The molecule has 1 unspecified atom stereocenters. The Balaban J connectivity index is 1.68. The summed E-state index contributed by atoms with van der Waals surface area (Å²) in [6, 6.07) is 9.23. The van der Waals surface area contributed by atoms with E-state index in [2.05, 4.69) is 15.4 Å². The lowest BCUT2D eigenvalue weighted by Crippen LogP contribution is -2.12. The number of rotatable bonds is 6. The number of fused-ring (bicyclic) bond motifs is 1. The van der Waals surface area contributed by atoms with Gasteiger partial charge in [-0.15, -0.1) is 0 Å². The zero-order chi connectivity index (χ0) is 16.4. The van der Waals surface area contributed by atoms with E-state index in [1.165, 1.54) is 6.26 Å². The Labute approximate surface area is 134 Å². The highest BCUT2D eigenvalue weighted by Gasteiger charge is 2.14. The summed E-state index contributed by atoms with van der Waals surface area (Å²) in [4.78, 5) is 4.44. The van der Waals surface area contributed by atoms with E-state index in [-0.39, 0.29) is 11.8 Å². The number of aryl methyl sites for hydroxylation is 1. The van der Waals surface area contributed by atoms with Crippen LogP contribution in [0.2, 0.25) is 0 Å². The molecule has 1 atom stereocenters. The summed E-state index contributed by atoms with van der Waals surface area (Å²) < 4.78 is 29.7. The molecule has 122 valence electrons. The van der Waals surface area contributed by atoms with Crippen LogP contribution in [0.5, 0.6) is 0 Å². The highest BCUT2D eigenvalue weighted by Crippen LogP contribution is 2.22. The number of hydrogen-bond donors (Lipinski definition) is 1. The SMILES string of the molecule is CC(Nc1ccn(CCS(C)(=O)=O)n1)c1nc2ccccc2o1. The molecule has 0 saturated carbocycles. The Morgan fingerprint density at radius 3 is 2.83 bits per heavy atom. The number of para-hydroxylation sites is 2. The maximum absolute atomic E-state index is 11.2. The third kappa shape index (κ3) is 3.89. The summed E-state index contributed by atoms with van der Waals surface area (Å²) in [6.45, 7) is 2.26. The molecule has 0 aliphatic carbocycles. The molecule has 3 aromatic rings. The summed E-state index contributed by atoms with van der Waals surface area (Å²) in [5.74, 6) is 1.29. The van der Waals surface area contributed by atoms with Gasteiger partial charge in [-0.1, -0.05) is 12.1 Å². The molecule has 0 bridgehead atoms. The van der Waals surface area contributed by atoms with Crippen LogP contribution in [0, 0.1) is 0 Å². The molecule has 0 saturated heterocycles. The second-order valence-electron chi connectivity index (χ2n) is 5.48. The smallest absolute Gasteiger partial charge is 0.217 e. The number of hydrogen-bond acceptors (Lipinski definition) is 6. The summed E-state index contributed by atoms with van der Waals surface area (Å²) in [6.07, 6.45) is 2.96. The van der Waals surface area contributed by atoms with Gasteiger partial charge in [0.25, 0.3) is 0 Å². The van der Waals surface area contributed by atoms with Gasteiger partial charge in [0.05, 0.1) is 12.3 Å². The van der Waals surface area contributed by atoms with Gasteiger partial charge in [0.1, 0.15) is 27.2 Å². The van der Waals surface area contributed by atoms with Gasteiger partial charge < -0.3 is 9.73 Å². The van der Waals surface area contributed by atoms with Gasteiger partial charge in [0, 0.05) is 18.5 Å². The van der Waals surface area contributed by atoms with Crippen LogP contribution in [0.1, 0.15) is 18.9 Å². The standard InChI is InChI=1S/C15H18N4O3S/c1-11(15-17-12-5-3-4-6-13(12)22-15)16-14-7-8-19(18-14)9-10-23(2,20)21/h3-8,11H,9-10H2,1-2H3,(H,16,18). The first-order valence-electron chi connectivity index (χ1n) is 7.24. The molecule has 2 aromatic heterocycles. The molecule has 2 heterocycles. The zero-order valence-corrected chi connectivity index (χ0v) is 13.7. The zero-order valence-electron chi connectivity index (χ0n) is 12.9. The van der Waals surface area contributed by atoms with E-state index in [0.29, 0.717) is 18.3 Å². The molecule has 7 nitrogen and oxygen atoms in total. The maximum Gasteiger partial charge on any atom is 0.217 e. The molecule has 0 spiro atoms. The van der Waals surface area contributed by atoms with Gasteiger partial charge in [-0.3, -0.25) is 4.68 Å². The lowest BCUT2D eigenvalue weighted by molar-refractivity contribution is 0.505. The number of oxazole rings is 1. The number of sulfone groups is 1. The van der Waals surface area contributed by atoms with Crippen molar-refractivity contribution in [3.8, 4) is 0 Å². The van der Waals surface area contributed by atoms with E-state index < -0.39 is 9.84 Å². The van der Waals surface area contributed by atoms with E-state index in [1.807, 2.05) is 31.2 Å². The molecule has 0 amide bonds. The third-order valence-corrected chi connectivity index (χ3v) is 4.30. The normalized spacial score (nSPS) is 13.3. The Bertz CT molecular complexity index is 881. The highest BCUT2D eigenvalue weighted by atomic mass is 32.2. The van der Waals surface area contributed by atoms with Crippen molar-refractivity contribution >= 4 is 26.8 Å². The van der Waals surface area contributed by atoms with Crippen LogP contribution >= 0.6 is 0 Å². The molecule has 1 aromatic carbocycles. The van der Waals surface area contributed by atoms with Crippen LogP contribution < -0.4 is 5.32 Å². The highest BCUT2D eigenvalue weighted by molar-refractivity contribution is 7.90. The summed E-state index contributed by atoms with van der Waals surface area (Å²) >= 11 is 0. The molecule has 0 aliphatic rings. The van der Waals surface area contributed by atoms with Gasteiger partial charge in [-0.25, -0.2) is 13.4 Å². The molecule has 0 fully saturated rings. The minimum Gasteiger partial charge on any atom is -0.438 e. The van der Waals surface area contributed by atoms with Crippen molar-refractivity contribution in [2.45, 2.75) is 19.5 Å². The van der Waals surface area contributed by atoms with E-state index in [0.717, 1.165) is 11.1 Å². The molecular weight excluding hydrogens is 316 g/mol. The first-order chi connectivity index (χ1) is 10.9. The summed E-state index contributed by atoms with van der Waals surface area (Å²) in [5.41, 5.74) is 1.56. The Kier molecular flexibility index (Phi) is 4.08. The fourth-order valence-corrected chi connectivity index (χ4v) is 2.70. The number of nitrogens with one attached hydrogen (secondary N) is 1. The molecule has 0 radical (unpaired) electrons. The summed E-state index contributed by atoms with van der Waals surface area (Å²) in [5, 5.41) is 7.50. The van der Waals surface area contributed by atoms with Gasteiger partial charge in [0.15, 0.2) is 5.58 Å². The Morgan fingerprint density at radius 1 is 1.30 bits per heavy atom. The molecular formula is C15H18N4O3S. The lowest BCUT2D eigenvalue weighted by atomic mass is 10.3. The van der Waals surface area contributed by atoms with Crippen molar-refractivity contribution in [1.82, 2.24) is 14.8 Å². The van der Waals surface area contributed by atoms with Crippen molar-refractivity contribution in [2.24, 2.45) is 0 Å². The molecule has 3 rings (SSSR count). The lowest BCUT2D eigenvalue weighted by Gasteiger charge is -2.08. The van der Waals surface area contributed by atoms with E-state index >= 15 is 0 Å². The van der Waals surface area contributed by atoms with Crippen molar-refractivity contribution in [2.75, 3.05) is 17.3 Å². The number of aromatic nitrogens is 3. The van der Waals surface area contributed by atoms with Gasteiger partial charge >= 0.3 is 0 Å². The average Bonchev–Trinajstić information content (AvgIpc) is 3.10. The summed E-state index contributed by atoms with van der Waals surface area (Å²) in [7, 11) is -3.00. The third-order valence-electron chi connectivity index (χ3n) is 3.38. The monoisotopic (exact) mass is 334 g/mol. The van der Waals surface area contributed by atoms with Crippen LogP contribution in [-0.2, 0) is 16.4 Å². The predicted molar refractivity (Wildman–Crippen MR) is 88.0 cm³/mol. The Morgan fingerprint density at radius 2 is 2.09 bits per heavy atom. The number of anilines is 1. The quantitative estimate of drug-likeness (QED) is 0.743. The van der Waals surface area contributed by atoms with Crippen molar-refractivity contribution < 1.29 is 12.8 Å². The average molecular weight is 334 g/mol. The van der Waals surface area contributed by atoms with Crippen molar-refractivity contribution in [3.63, 3.8) is 0 Å². The first-order valence-corrected chi connectivity index (χ1v) is 9.30. The topological polar surface area (TPSA) is 90.0 Å².